The number of H-pyrrole nitrogens is 1. The van der Waals surface area contributed by atoms with Crippen molar-refractivity contribution in [3.8, 4) is 22.4 Å². The number of anilines is 2. The predicted octanol–water partition coefficient (Wildman–Crippen LogP) is 5.42. The van der Waals surface area contributed by atoms with Gasteiger partial charge in [-0.2, -0.15) is 0 Å². The first-order valence-corrected chi connectivity index (χ1v) is 19.8. The molecule has 2 aromatic heterocycles. The Kier molecular flexibility index (Phi) is 11.6. The van der Waals surface area contributed by atoms with E-state index in [1.165, 1.54) is 7.11 Å². The van der Waals surface area contributed by atoms with Gasteiger partial charge in [0.05, 0.1) is 30.6 Å². The minimum atomic E-state index is -0.726. The molecule has 1 saturated carbocycles. The fourth-order valence-corrected chi connectivity index (χ4v) is 7.79. The number of nitrogens with zero attached hydrogens (tertiary/aromatic N) is 6. The van der Waals surface area contributed by atoms with Gasteiger partial charge in [0.1, 0.15) is 17.7 Å². The molecule has 300 valence electrons. The molecule has 4 heterocycles. The molecule has 7 rings (SSSR count). The van der Waals surface area contributed by atoms with E-state index in [2.05, 4.69) is 37.3 Å². The van der Waals surface area contributed by atoms with E-state index in [4.69, 9.17) is 9.72 Å². The van der Waals surface area contributed by atoms with E-state index in [1.807, 2.05) is 92.3 Å². The number of imidazole rings is 1. The number of aromatic amines is 1. The summed E-state index contributed by atoms with van der Waals surface area (Å²) in [6.45, 7) is 8.52. The van der Waals surface area contributed by atoms with E-state index in [1.54, 1.807) is 18.5 Å². The second-order valence-electron chi connectivity index (χ2n) is 16.0. The van der Waals surface area contributed by atoms with Crippen LogP contribution in [0.5, 0.6) is 0 Å². The average molecular weight is 776 g/mol. The number of piperazine rings is 1. The minimum Gasteiger partial charge on any atom is -0.453 e. The quantitative estimate of drug-likeness (QED) is 0.181. The fraction of sp³-hybridized carbons (Fsp3) is 0.442. The van der Waals surface area contributed by atoms with E-state index in [9.17, 15) is 19.2 Å². The number of aromatic nitrogens is 3. The van der Waals surface area contributed by atoms with Gasteiger partial charge in [-0.25, -0.2) is 14.8 Å². The van der Waals surface area contributed by atoms with Crippen LogP contribution in [0.2, 0.25) is 0 Å². The number of carbonyl (C=O) groups excluding carboxylic acids is 4. The third-order valence-electron chi connectivity index (χ3n) is 11.4. The molecule has 4 atom stereocenters. The van der Waals surface area contributed by atoms with Gasteiger partial charge in [-0.05, 0) is 87.2 Å². The number of nitrogens with one attached hydrogen (secondary N) is 3. The normalized spacial score (nSPS) is 20.1. The average Bonchev–Trinajstić information content (AvgIpc) is 3.77. The van der Waals surface area contributed by atoms with Gasteiger partial charge in [-0.3, -0.25) is 14.4 Å². The number of ether oxygens (including phenoxy) is 1. The summed E-state index contributed by atoms with van der Waals surface area (Å²) in [5, 5.41) is 5.70. The van der Waals surface area contributed by atoms with E-state index in [0.717, 1.165) is 47.6 Å². The van der Waals surface area contributed by atoms with Crippen molar-refractivity contribution >= 4 is 35.3 Å². The summed E-state index contributed by atoms with van der Waals surface area (Å²) in [6.07, 6.45) is 5.49. The number of amides is 4. The molecule has 1 aliphatic carbocycles. The Morgan fingerprint density at radius 1 is 0.877 bits per heavy atom. The van der Waals surface area contributed by atoms with Crippen LogP contribution in [-0.4, -0.2) is 119 Å². The Balaban J connectivity index is 0.962. The zero-order valence-electron chi connectivity index (χ0n) is 33.6. The zero-order chi connectivity index (χ0) is 40.4. The van der Waals surface area contributed by atoms with Crippen molar-refractivity contribution in [3.05, 3.63) is 84.4 Å². The number of likely N-dealkylation sites (tertiary alicyclic amines) is 1. The van der Waals surface area contributed by atoms with Crippen molar-refractivity contribution in [2.45, 2.75) is 64.2 Å². The Labute approximate surface area is 334 Å². The highest BCUT2D eigenvalue weighted by Crippen LogP contribution is 2.35. The van der Waals surface area contributed by atoms with E-state index in [-0.39, 0.29) is 47.7 Å². The standard InChI is InChI=1S/C43H53N9O5/c1-26(2)38(48-43(56)57-6)42(55)52-25-34(49(4)5)21-36(52)39-45-23-35(47-39)30-9-7-28(8-10-30)29-13-16-33(17-14-29)46-40(53)32-15-18-37(44-22-32)51-20-19-50(24-27(51)3)41(54)31-11-12-31/h7-10,13-18,22-23,26-27,31,34,36,38H,11-12,19-21,24-25H2,1-6H3,(H,45,47)(H,46,53)(H,48,56). The van der Waals surface area contributed by atoms with Gasteiger partial charge in [-0.15, -0.1) is 0 Å². The second kappa shape index (κ2) is 16.8. The van der Waals surface area contributed by atoms with Crippen LogP contribution in [0.25, 0.3) is 22.4 Å². The Hall–Kier alpha value is -5.76. The molecule has 3 fully saturated rings. The zero-order valence-corrected chi connectivity index (χ0v) is 33.6. The molecule has 0 bridgehead atoms. The molecule has 0 radical (unpaired) electrons. The van der Waals surface area contributed by atoms with Gasteiger partial charge < -0.3 is 40.0 Å². The van der Waals surface area contributed by atoms with Crippen LogP contribution in [0, 0.1) is 11.8 Å². The summed E-state index contributed by atoms with van der Waals surface area (Å²) in [4.78, 5) is 72.5. The van der Waals surface area contributed by atoms with Gasteiger partial charge in [0.25, 0.3) is 5.91 Å². The maximum Gasteiger partial charge on any atom is 0.407 e. The number of benzene rings is 2. The number of alkyl carbamates (subject to hydrolysis) is 1. The number of carbonyl (C=O) groups is 4. The predicted molar refractivity (Wildman–Crippen MR) is 218 cm³/mol. The Morgan fingerprint density at radius 2 is 1.56 bits per heavy atom. The first kappa shape index (κ1) is 39.5. The summed E-state index contributed by atoms with van der Waals surface area (Å²) in [5.74, 6) is 1.47. The third-order valence-corrected chi connectivity index (χ3v) is 11.4. The van der Waals surface area contributed by atoms with Crippen LogP contribution < -0.4 is 15.5 Å². The van der Waals surface area contributed by atoms with Gasteiger partial charge in [-0.1, -0.05) is 50.2 Å². The minimum absolute atomic E-state index is 0.133. The molecule has 57 heavy (non-hydrogen) atoms. The SMILES string of the molecule is COC(=O)NC(C(=O)N1CC(N(C)C)CC1c1ncc(-c2ccc(-c3ccc(NC(=O)c4ccc(N5CCN(C(=O)C6CC6)CC5C)nc4)cc3)cc2)[nH]1)C(C)C. The van der Waals surface area contributed by atoms with Crippen molar-refractivity contribution in [2.75, 3.05) is 57.6 Å². The molecule has 2 saturated heterocycles. The molecule has 4 amide bonds. The second-order valence-corrected chi connectivity index (χ2v) is 16.0. The molecular weight excluding hydrogens is 723 g/mol. The van der Waals surface area contributed by atoms with Crippen LogP contribution in [0.15, 0.2) is 73.1 Å². The van der Waals surface area contributed by atoms with E-state index < -0.39 is 12.1 Å². The largest absolute Gasteiger partial charge is 0.453 e. The number of hydrogen-bond donors (Lipinski definition) is 3. The van der Waals surface area contributed by atoms with Crippen LogP contribution in [-0.2, 0) is 14.3 Å². The number of pyridine rings is 1. The first-order chi connectivity index (χ1) is 27.4. The first-order valence-electron chi connectivity index (χ1n) is 19.8. The number of methoxy groups -OCH3 is 1. The number of hydrogen-bond acceptors (Lipinski definition) is 9. The lowest BCUT2D eigenvalue weighted by atomic mass is 10.0. The van der Waals surface area contributed by atoms with Gasteiger partial charge in [0.2, 0.25) is 11.8 Å². The lowest BCUT2D eigenvalue weighted by Gasteiger charge is -2.40. The Morgan fingerprint density at radius 3 is 2.16 bits per heavy atom. The summed E-state index contributed by atoms with van der Waals surface area (Å²) in [5.41, 5.74) is 4.95. The van der Waals surface area contributed by atoms with Crippen molar-refractivity contribution in [1.29, 1.82) is 0 Å². The number of likely N-dealkylation sites (N-methyl/N-ethyl adjacent to an activating group) is 1. The molecule has 2 aliphatic heterocycles. The third kappa shape index (κ3) is 8.80. The van der Waals surface area contributed by atoms with Crippen molar-refractivity contribution < 1.29 is 23.9 Å². The summed E-state index contributed by atoms with van der Waals surface area (Å²) in [7, 11) is 5.30. The summed E-state index contributed by atoms with van der Waals surface area (Å²) >= 11 is 0. The van der Waals surface area contributed by atoms with Gasteiger partial charge >= 0.3 is 6.09 Å². The van der Waals surface area contributed by atoms with Gasteiger partial charge in [0, 0.05) is 56.1 Å². The highest BCUT2D eigenvalue weighted by molar-refractivity contribution is 6.04. The molecule has 3 aliphatic rings. The molecule has 2 aromatic carbocycles. The lowest BCUT2D eigenvalue weighted by molar-refractivity contribution is -0.135. The molecular formula is C43H53N9O5. The van der Waals surface area contributed by atoms with E-state index in [0.29, 0.717) is 43.1 Å². The molecule has 4 aromatic rings. The molecule has 4 unspecified atom stereocenters. The molecule has 3 N–H and O–H groups in total. The summed E-state index contributed by atoms with van der Waals surface area (Å²) < 4.78 is 4.80. The highest BCUT2D eigenvalue weighted by Gasteiger charge is 2.42. The maximum absolute atomic E-state index is 13.8. The van der Waals surface area contributed by atoms with Crippen LogP contribution >= 0.6 is 0 Å². The fourth-order valence-electron chi connectivity index (χ4n) is 7.79. The molecule has 14 nitrogen and oxygen atoms in total. The van der Waals surface area contributed by atoms with Crippen LogP contribution in [0.4, 0.5) is 16.3 Å². The smallest absolute Gasteiger partial charge is 0.407 e. The van der Waals surface area contributed by atoms with Crippen molar-refractivity contribution in [1.82, 2.24) is 35.0 Å². The lowest BCUT2D eigenvalue weighted by Crippen LogP contribution is -2.54. The van der Waals surface area contributed by atoms with E-state index >= 15 is 0 Å². The molecule has 0 spiro atoms. The van der Waals surface area contributed by atoms with Crippen LogP contribution in [0.3, 0.4) is 0 Å². The molecule has 14 heteroatoms. The van der Waals surface area contributed by atoms with Gasteiger partial charge in [0.15, 0.2) is 0 Å². The number of rotatable bonds is 11. The van der Waals surface area contributed by atoms with Crippen molar-refractivity contribution in [3.63, 3.8) is 0 Å². The maximum atomic E-state index is 13.8. The van der Waals surface area contributed by atoms with Crippen molar-refractivity contribution in [2.24, 2.45) is 11.8 Å². The Bertz CT molecular complexity index is 2060. The summed E-state index contributed by atoms with van der Waals surface area (Å²) in [6, 6.07) is 18.8. The highest BCUT2D eigenvalue weighted by atomic mass is 16.5. The monoisotopic (exact) mass is 775 g/mol. The topological polar surface area (TPSA) is 156 Å². The van der Waals surface area contributed by atoms with Crippen LogP contribution in [0.1, 0.15) is 62.3 Å².